The lowest BCUT2D eigenvalue weighted by molar-refractivity contribution is -0.142. The molecule has 2 rings (SSSR count). The fourth-order valence-electron chi connectivity index (χ4n) is 4.85. The molecule has 0 aliphatic rings. The van der Waals surface area contributed by atoms with Crippen LogP contribution >= 0.6 is 11.6 Å². The number of carboxylic acids is 1. The van der Waals surface area contributed by atoms with Gasteiger partial charge < -0.3 is 52.2 Å². The summed E-state index contributed by atoms with van der Waals surface area (Å²) in [6, 6.07) is 9.31. The molecule has 9 N–H and O–H groups in total. The molecule has 308 valence electrons. The molecule has 56 heavy (non-hydrogen) atoms. The minimum absolute atomic E-state index is 0.0910. The zero-order valence-electron chi connectivity index (χ0n) is 32.9. The molecule has 0 unspecified atom stereocenters. The lowest BCUT2D eigenvalue weighted by Gasteiger charge is -2.26. The van der Waals surface area contributed by atoms with Gasteiger partial charge in [-0.1, -0.05) is 49.7 Å². The van der Waals surface area contributed by atoms with Gasteiger partial charge in [0.2, 0.25) is 11.8 Å². The summed E-state index contributed by atoms with van der Waals surface area (Å²) in [6.07, 6.45) is -3.61. The maximum absolute atomic E-state index is 13.8. The van der Waals surface area contributed by atoms with Gasteiger partial charge in [0.1, 0.15) is 29.3 Å². The van der Waals surface area contributed by atoms with Gasteiger partial charge in [-0.25, -0.2) is 14.4 Å². The molecule has 17 nitrogen and oxygen atoms in total. The number of hydrogen-bond acceptors (Lipinski definition) is 10. The summed E-state index contributed by atoms with van der Waals surface area (Å²) in [4.78, 5) is 90.1. The number of carbonyl (C=O) groups excluding carboxylic acids is 6. The van der Waals surface area contributed by atoms with Crippen LogP contribution in [0.25, 0.3) is 11.1 Å². The number of carboxylic acid groups (broad SMARTS) is 1. The van der Waals surface area contributed by atoms with Crippen molar-refractivity contribution in [1.29, 1.82) is 0 Å². The van der Waals surface area contributed by atoms with E-state index in [1.54, 1.807) is 79.7 Å². The van der Waals surface area contributed by atoms with E-state index in [1.807, 2.05) is 12.1 Å². The molecular formula is C38H54ClN7O10. The fraction of sp³-hybridized carbons (Fsp3) is 0.500. The number of amides is 6. The molecule has 6 amide bonds. The Morgan fingerprint density at radius 2 is 1.16 bits per heavy atom. The lowest BCUT2D eigenvalue weighted by Crippen LogP contribution is -2.61. The first-order valence-electron chi connectivity index (χ1n) is 17.9. The number of rotatable bonds is 17. The first-order valence-corrected chi connectivity index (χ1v) is 18.3. The highest BCUT2D eigenvalue weighted by Gasteiger charge is 2.31. The van der Waals surface area contributed by atoms with Gasteiger partial charge in [0.05, 0.1) is 6.54 Å². The predicted molar refractivity (Wildman–Crippen MR) is 208 cm³/mol. The number of hydrogen-bond donors (Lipinski definition) is 8. The van der Waals surface area contributed by atoms with Crippen molar-refractivity contribution < 1.29 is 48.1 Å². The van der Waals surface area contributed by atoms with Gasteiger partial charge in [-0.05, 0) is 95.7 Å². The second-order valence-corrected chi connectivity index (χ2v) is 15.7. The van der Waals surface area contributed by atoms with E-state index in [4.69, 9.17) is 26.8 Å². The minimum Gasteiger partial charge on any atom is -0.480 e. The standard InChI is InChI=1S/C38H54ClN7O10/c1-21(2)19-27(34(51)52)44-33(50)29(40)46-31(48)26(17-18-41-35(53)55-37(3,4)5)43-32(49)28(20-42-36(54)56-38(6,7)8)45-30(47)24-11-9-22(10-12-24)23-13-15-25(39)16-14-23/h9-16,21,26-29H,17-20,40H2,1-8H3,(H,41,53)(H,42,54)(H,43,49)(H,44,50)(H,45,47)(H,46,48)(H,51,52)/t26-,27-,28-,29+/m0/s1. The van der Waals surface area contributed by atoms with Crippen LogP contribution in [0, 0.1) is 5.92 Å². The molecule has 0 spiro atoms. The third-order valence-electron chi connectivity index (χ3n) is 7.43. The largest absolute Gasteiger partial charge is 0.480 e. The van der Waals surface area contributed by atoms with E-state index in [0.717, 1.165) is 11.1 Å². The molecule has 18 heteroatoms. The van der Waals surface area contributed by atoms with Gasteiger partial charge in [0, 0.05) is 17.1 Å². The summed E-state index contributed by atoms with van der Waals surface area (Å²) >= 11 is 5.99. The topological polar surface area (TPSA) is 256 Å². The Bertz CT molecular complexity index is 1690. The van der Waals surface area contributed by atoms with Crippen LogP contribution in [0.5, 0.6) is 0 Å². The van der Waals surface area contributed by atoms with E-state index < -0.39 is 83.8 Å². The highest BCUT2D eigenvalue weighted by atomic mass is 35.5. The van der Waals surface area contributed by atoms with Gasteiger partial charge in [-0.2, -0.15) is 0 Å². The Hall–Kier alpha value is -5.42. The third kappa shape index (κ3) is 17.4. The first kappa shape index (κ1) is 46.7. The maximum Gasteiger partial charge on any atom is 0.407 e. The molecule has 4 atom stereocenters. The Morgan fingerprint density at radius 3 is 1.66 bits per heavy atom. The Kier molecular flexibility index (Phi) is 17.6. The van der Waals surface area contributed by atoms with Crippen molar-refractivity contribution in [3.05, 3.63) is 59.1 Å². The van der Waals surface area contributed by atoms with E-state index in [-0.39, 0.29) is 30.9 Å². The van der Waals surface area contributed by atoms with Crippen LogP contribution in [-0.2, 0) is 28.7 Å². The fourth-order valence-corrected chi connectivity index (χ4v) is 4.98. The number of halogens is 1. The van der Waals surface area contributed by atoms with Crippen LogP contribution in [0.1, 0.15) is 78.6 Å². The van der Waals surface area contributed by atoms with Gasteiger partial charge in [-0.3, -0.25) is 19.2 Å². The summed E-state index contributed by atoms with van der Waals surface area (Å²) in [5.41, 5.74) is 6.02. The van der Waals surface area contributed by atoms with E-state index in [9.17, 15) is 38.7 Å². The molecule has 2 aromatic carbocycles. The number of alkyl carbamates (subject to hydrolysis) is 2. The van der Waals surface area contributed by atoms with Crippen molar-refractivity contribution in [1.82, 2.24) is 31.9 Å². The molecule has 0 saturated carbocycles. The smallest absolute Gasteiger partial charge is 0.407 e. The van der Waals surface area contributed by atoms with Crippen LogP contribution in [0.15, 0.2) is 48.5 Å². The zero-order chi connectivity index (χ0) is 42.4. The molecule has 2 aromatic rings. The molecule has 0 aliphatic heterocycles. The summed E-state index contributed by atoms with van der Waals surface area (Å²) in [6.45, 7) is 12.7. The van der Waals surface area contributed by atoms with Gasteiger partial charge in [0.15, 0.2) is 6.17 Å². The van der Waals surface area contributed by atoms with Crippen LogP contribution in [0.2, 0.25) is 5.02 Å². The van der Waals surface area contributed by atoms with Crippen molar-refractivity contribution >= 4 is 53.4 Å². The second-order valence-electron chi connectivity index (χ2n) is 15.3. The normalized spacial score (nSPS) is 13.6. The minimum atomic E-state index is -1.74. The van der Waals surface area contributed by atoms with Crippen LogP contribution in [0.4, 0.5) is 9.59 Å². The SMILES string of the molecule is CC(C)C[C@H](NC(=O)[C@H](N)NC(=O)[C@H](CCNC(=O)OC(C)(C)C)NC(=O)[C@H](CNC(=O)OC(C)(C)C)NC(=O)c1ccc(-c2ccc(Cl)cc2)cc1)C(=O)O. The van der Waals surface area contributed by atoms with Crippen molar-refractivity contribution in [3.63, 3.8) is 0 Å². The Balaban J connectivity index is 2.33. The van der Waals surface area contributed by atoms with E-state index in [0.29, 0.717) is 5.02 Å². The van der Waals surface area contributed by atoms with Crippen molar-refractivity contribution in [3.8, 4) is 11.1 Å². The molecule has 0 aliphatic carbocycles. The average Bonchev–Trinajstić information content (AvgIpc) is 3.07. The quantitative estimate of drug-likeness (QED) is 0.108. The molecular weight excluding hydrogens is 750 g/mol. The second kappa shape index (κ2) is 21.0. The van der Waals surface area contributed by atoms with E-state index in [2.05, 4.69) is 31.9 Å². The van der Waals surface area contributed by atoms with Crippen LogP contribution in [0.3, 0.4) is 0 Å². The number of benzene rings is 2. The molecule has 0 saturated heterocycles. The van der Waals surface area contributed by atoms with Crippen molar-refractivity contribution in [2.24, 2.45) is 11.7 Å². The number of carbonyl (C=O) groups is 7. The predicted octanol–water partition coefficient (Wildman–Crippen LogP) is 3.05. The number of nitrogens with one attached hydrogen (secondary N) is 6. The summed E-state index contributed by atoms with van der Waals surface area (Å²) in [5, 5.41) is 24.6. The zero-order valence-corrected chi connectivity index (χ0v) is 33.7. The average molecular weight is 804 g/mol. The van der Waals surface area contributed by atoms with Crippen molar-refractivity contribution in [2.45, 2.75) is 104 Å². The van der Waals surface area contributed by atoms with E-state index in [1.165, 1.54) is 12.1 Å². The van der Waals surface area contributed by atoms with E-state index >= 15 is 0 Å². The lowest BCUT2D eigenvalue weighted by atomic mass is 10.0. The highest BCUT2D eigenvalue weighted by molar-refractivity contribution is 6.30. The summed E-state index contributed by atoms with van der Waals surface area (Å²) in [7, 11) is 0. The third-order valence-corrected chi connectivity index (χ3v) is 7.68. The maximum atomic E-state index is 13.8. The number of nitrogens with two attached hydrogens (primary N) is 1. The Labute approximate surface area is 331 Å². The number of aliphatic carboxylic acids is 1. The molecule has 0 bridgehead atoms. The molecule has 0 heterocycles. The molecule has 0 aromatic heterocycles. The van der Waals surface area contributed by atoms with Gasteiger partial charge in [0.25, 0.3) is 11.8 Å². The Morgan fingerprint density at radius 1 is 0.679 bits per heavy atom. The van der Waals surface area contributed by atoms with Gasteiger partial charge >= 0.3 is 18.2 Å². The highest BCUT2D eigenvalue weighted by Crippen LogP contribution is 2.22. The monoisotopic (exact) mass is 803 g/mol. The van der Waals surface area contributed by atoms with Crippen LogP contribution in [-0.4, -0.2) is 95.5 Å². The first-order chi connectivity index (χ1) is 25.9. The molecule has 0 radical (unpaired) electrons. The summed E-state index contributed by atoms with van der Waals surface area (Å²) < 4.78 is 10.5. The molecule has 0 fully saturated rings. The van der Waals surface area contributed by atoms with Crippen LogP contribution < -0.4 is 37.6 Å². The number of ether oxygens (including phenoxy) is 2. The summed E-state index contributed by atoms with van der Waals surface area (Å²) in [5.74, 6) is -5.01. The van der Waals surface area contributed by atoms with Gasteiger partial charge in [-0.15, -0.1) is 0 Å². The van der Waals surface area contributed by atoms with Crippen molar-refractivity contribution in [2.75, 3.05) is 13.1 Å².